The van der Waals surface area contributed by atoms with Gasteiger partial charge >= 0.3 is 0 Å². The topological polar surface area (TPSA) is 24.5 Å². The summed E-state index contributed by atoms with van der Waals surface area (Å²) in [6.07, 6.45) is 0. The molecule has 18 heavy (non-hydrogen) atoms. The molecule has 6 heteroatoms. The summed E-state index contributed by atoms with van der Waals surface area (Å²) in [5.41, 5.74) is 1.41. The van der Waals surface area contributed by atoms with Gasteiger partial charge in [0.05, 0.1) is 13.2 Å². The number of aryl methyl sites for hydroxylation is 1. The normalized spacial score (nSPS) is 15.8. The molecule has 1 aliphatic heterocycles. The zero-order valence-corrected chi connectivity index (χ0v) is 13.0. The third kappa shape index (κ3) is 5.87. The highest BCUT2D eigenvalue weighted by molar-refractivity contribution is 7.10. The Morgan fingerprint density at radius 3 is 2.67 bits per heavy atom. The largest absolute Gasteiger partial charge is 1.00 e. The molecule has 0 atom stereocenters. The van der Waals surface area contributed by atoms with Crippen molar-refractivity contribution in [3.05, 3.63) is 21.9 Å². The number of halogens is 2. The predicted molar refractivity (Wildman–Crippen MR) is 68.0 cm³/mol. The molecule has 1 fully saturated rings. The molecule has 0 radical (unpaired) electrons. The van der Waals surface area contributed by atoms with Crippen LogP contribution in [0.25, 0.3) is 0 Å². The average Bonchev–Trinajstić information content (AvgIpc) is 2.72. The SMILES string of the molecule is Cc1ccsc1CNCCN1CCOCC1.[Cl-].[Cl-]. The van der Waals surface area contributed by atoms with Gasteiger partial charge < -0.3 is 34.9 Å². The van der Waals surface area contributed by atoms with E-state index in [1.807, 2.05) is 11.3 Å². The van der Waals surface area contributed by atoms with Gasteiger partial charge in [0, 0.05) is 37.6 Å². The van der Waals surface area contributed by atoms with E-state index >= 15 is 0 Å². The molecule has 2 heterocycles. The van der Waals surface area contributed by atoms with Gasteiger partial charge in [0.15, 0.2) is 0 Å². The molecule has 1 aromatic rings. The maximum atomic E-state index is 5.32. The van der Waals surface area contributed by atoms with E-state index in [1.165, 1.54) is 10.4 Å². The van der Waals surface area contributed by atoms with Gasteiger partial charge in [-0.3, -0.25) is 4.90 Å². The monoisotopic (exact) mass is 310 g/mol. The van der Waals surface area contributed by atoms with E-state index in [9.17, 15) is 0 Å². The first-order valence-corrected chi connectivity index (χ1v) is 6.78. The van der Waals surface area contributed by atoms with E-state index in [0.717, 1.165) is 45.9 Å². The molecule has 0 bridgehead atoms. The third-order valence-corrected chi connectivity index (χ3v) is 3.99. The number of hydrogen-bond donors (Lipinski definition) is 1. The first-order chi connectivity index (χ1) is 7.86. The van der Waals surface area contributed by atoms with Crippen LogP contribution in [-0.4, -0.2) is 44.3 Å². The number of nitrogens with zero attached hydrogens (tertiary/aromatic N) is 1. The second kappa shape index (κ2) is 10.0. The lowest BCUT2D eigenvalue weighted by Gasteiger charge is -2.26. The third-order valence-electron chi connectivity index (χ3n) is 2.96. The molecule has 1 N–H and O–H groups in total. The quantitative estimate of drug-likeness (QED) is 0.555. The van der Waals surface area contributed by atoms with Crippen molar-refractivity contribution in [1.82, 2.24) is 10.2 Å². The van der Waals surface area contributed by atoms with E-state index in [-0.39, 0.29) is 24.8 Å². The molecule has 0 aliphatic carbocycles. The molecule has 0 saturated carbocycles. The molecule has 0 amide bonds. The van der Waals surface area contributed by atoms with Crippen LogP contribution in [0.3, 0.4) is 0 Å². The molecule has 2 rings (SSSR count). The molecular weight excluding hydrogens is 291 g/mol. The number of ether oxygens (including phenoxy) is 1. The van der Waals surface area contributed by atoms with Crippen LogP contribution in [0.15, 0.2) is 11.4 Å². The Hall–Kier alpha value is 0.160. The van der Waals surface area contributed by atoms with Gasteiger partial charge in [-0.1, -0.05) is 0 Å². The standard InChI is InChI=1S/C12H20N2OS.2ClH/c1-11-2-9-16-12(11)10-13-3-4-14-5-7-15-8-6-14;;/h2,9,13H,3-8,10H2,1H3;2*1H/p-2. The van der Waals surface area contributed by atoms with Crippen LogP contribution in [0.2, 0.25) is 0 Å². The first-order valence-electron chi connectivity index (χ1n) is 5.90. The van der Waals surface area contributed by atoms with Crippen molar-refractivity contribution >= 4 is 11.3 Å². The summed E-state index contributed by atoms with van der Waals surface area (Å²) in [5, 5.41) is 5.66. The van der Waals surface area contributed by atoms with Crippen molar-refractivity contribution in [2.45, 2.75) is 13.5 Å². The molecule has 0 spiro atoms. The summed E-state index contributed by atoms with van der Waals surface area (Å²) in [4.78, 5) is 3.92. The number of thiophene rings is 1. The Labute approximate surface area is 126 Å². The van der Waals surface area contributed by atoms with Crippen LogP contribution >= 0.6 is 11.3 Å². The Morgan fingerprint density at radius 2 is 2.06 bits per heavy atom. The second-order valence-electron chi connectivity index (χ2n) is 4.16. The molecule has 3 nitrogen and oxygen atoms in total. The zero-order chi connectivity index (χ0) is 11.2. The van der Waals surface area contributed by atoms with Gasteiger partial charge in [-0.05, 0) is 23.9 Å². The molecule has 1 aromatic heterocycles. The average molecular weight is 311 g/mol. The Bertz CT molecular complexity index is 317. The van der Waals surface area contributed by atoms with Gasteiger partial charge in [0.2, 0.25) is 0 Å². The summed E-state index contributed by atoms with van der Waals surface area (Å²) in [6, 6.07) is 2.18. The molecule has 0 aromatic carbocycles. The van der Waals surface area contributed by atoms with Gasteiger partial charge in [0.25, 0.3) is 0 Å². The van der Waals surface area contributed by atoms with Crippen molar-refractivity contribution in [3.63, 3.8) is 0 Å². The minimum absolute atomic E-state index is 0. The lowest BCUT2D eigenvalue weighted by Crippen LogP contribution is -3.00. The molecule has 1 saturated heterocycles. The lowest BCUT2D eigenvalue weighted by atomic mass is 10.3. The minimum Gasteiger partial charge on any atom is -1.00 e. The van der Waals surface area contributed by atoms with Crippen LogP contribution in [0.4, 0.5) is 0 Å². The van der Waals surface area contributed by atoms with Gasteiger partial charge in [-0.25, -0.2) is 0 Å². The summed E-state index contributed by atoms with van der Waals surface area (Å²) in [7, 11) is 0. The highest BCUT2D eigenvalue weighted by atomic mass is 35.5. The molecule has 1 aliphatic rings. The van der Waals surface area contributed by atoms with Crippen molar-refractivity contribution < 1.29 is 29.6 Å². The fourth-order valence-corrected chi connectivity index (χ4v) is 2.72. The number of morpholine rings is 1. The minimum atomic E-state index is 0. The highest BCUT2D eigenvalue weighted by Gasteiger charge is 2.09. The van der Waals surface area contributed by atoms with E-state index in [4.69, 9.17) is 4.74 Å². The van der Waals surface area contributed by atoms with Crippen molar-refractivity contribution in [3.8, 4) is 0 Å². The van der Waals surface area contributed by atoms with Gasteiger partial charge in [-0.2, -0.15) is 0 Å². The van der Waals surface area contributed by atoms with E-state index in [1.54, 1.807) is 0 Å². The number of hydrogen-bond acceptors (Lipinski definition) is 4. The summed E-state index contributed by atoms with van der Waals surface area (Å²) in [5.74, 6) is 0. The maximum Gasteiger partial charge on any atom is 0.0594 e. The summed E-state index contributed by atoms with van der Waals surface area (Å²) < 4.78 is 5.32. The zero-order valence-electron chi connectivity index (χ0n) is 10.6. The van der Waals surface area contributed by atoms with Crippen molar-refractivity contribution in [1.29, 1.82) is 0 Å². The number of nitrogens with one attached hydrogen (secondary N) is 1. The molecule has 106 valence electrons. The van der Waals surface area contributed by atoms with Gasteiger partial charge in [-0.15, -0.1) is 11.3 Å². The second-order valence-corrected chi connectivity index (χ2v) is 5.16. The van der Waals surface area contributed by atoms with Gasteiger partial charge in [0.1, 0.15) is 0 Å². The van der Waals surface area contributed by atoms with Crippen LogP contribution < -0.4 is 30.1 Å². The van der Waals surface area contributed by atoms with Crippen molar-refractivity contribution in [2.75, 3.05) is 39.4 Å². The summed E-state index contributed by atoms with van der Waals surface area (Å²) >= 11 is 1.84. The molecular formula is C12H20Cl2N2OS-2. The fourth-order valence-electron chi connectivity index (χ4n) is 1.85. The van der Waals surface area contributed by atoms with Crippen LogP contribution in [-0.2, 0) is 11.3 Å². The maximum absolute atomic E-state index is 5.32. The number of rotatable bonds is 5. The van der Waals surface area contributed by atoms with Crippen LogP contribution in [0.1, 0.15) is 10.4 Å². The van der Waals surface area contributed by atoms with E-state index in [2.05, 4.69) is 28.6 Å². The smallest absolute Gasteiger partial charge is 0.0594 e. The van der Waals surface area contributed by atoms with E-state index < -0.39 is 0 Å². The van der Waals surface area contributed by atoms with Crippen LogP contribution in [0.5, 0.6) is 0 Å². The lowest BCUT2D eigenvalue weighted by molar-refractivity contribution is -0.00100. The fraction of sp³-hybridized carbons (Fsp3) is 0.667. The van der Waals surface area contributed by atoms with Crippen molar-refractivity contribution in [2.24, 2.45) is 0 Å². The predicted octanol–water partition coefficient (Wildman–Crippen LogP) is -4.51. The van der Waals surface area contributed by atoms with Crippen LogP contribution in [0, 0.1) is 6.92 Å². The Morgan fingerprint density at radius 1 is 1.33 bits per heavy atom. The Balaban J connectivity index is 0.00000144. The Kier molecular flexibility index (Phi) is 10.1. The molecule has 0 unspecified atom stereocenters. The first kappa shape index (κ1) is 18.2. The summed E-state index contributed by atoms with van der Waals surface area (Å²) in [6.45, 7) is 9.34. The van der Waals surface area contributed by atoms with E-state index in [0.29, 0.717) is 0 Å². The highest BCUT2D eigenvalue weighted by Crippen LogP contribution is 2.14.